The number of furan rings is 1. The van der Waals surface area contributed by atoms with E-state index in [-0.39, 0.29) is 17.9 Å². The molecule has 2 atom stereocenters. The summed E-state index contributed by atoms with van der Waals surface area (Å²) in [6, 6.07) is 1.75. The van der Waals surface area contributed by atoms with Crippen LogP contribution < -0.4 is 5.32 Å². The van der Waals surface area contributed by atoms with Crippen molar-refractivity contribution in [2.75, 3.05) is 6.54 Å². The largest absolute Gasteiger partial charge is 0.466 e. The van der Waals surface area contributed by atoms with E-state index < -0.39 is 0 Å². The molecule has 0 spiro atoms. The quantitative estimate of drug-likeness (QED) is 0.865. The average Bonchev–Trinajstić information content (AvgIpc) is 2.67. The Morgan fingerprint density at radius 2 is 2.17 bits per heavy atom. The van der Waals surface area contributed by atoms with Crippen molar-refractivity contribution >= 4 is 5.91 Å². The molecule has 0 bridgehead atoms. The first-order valence-corrected chi connectivity index (χ1v) is 6.61. The predicted molar refractivity (Wildman–Crippen MR) is 68.5 cm³/mol. The fourth-order valence-electron chi connectivity index (χ4n) is 2.60. The molecule has 2 unspecified atom stereocenters. The van der Waals surface area contributed by atoms with Gasteiger partial charge in [-0.25, -0.2) is 0 Å². The summed E-state index contributed by atoms with van der Waals surface area (Å²) >= 11 is 0. The monoisotopic (exact) mass is 251 g/mol. The zero-order chi connectivity index (χ0) is 13.1. The third-order valence-corrected chi connectivity index (χ3v) is 3.68. The molecule has 2 rings (SSSR count). The number of aliphatic hydroxyl groups excluding tert-OH is 1. The number of carbonyl (C=O) groups excluding carboxylic acids is 1. The van der Waals surface area contributed by atoms with E-state index in [0.717, 1.165) is 31.4 Å². The van der Waals surface area contributed by atoms with Crippen molar-refractivity contribution in [2.45, 2.75) is 45.6 Å². The van der Waals surface area contributed by atoms with E-state index in [1.807, 2.05) is 6.92 Å². The third-order valence-electron chi connectivity index (χ3n) is 3.68. The van der Waals surface area contributed by atoms with E-state index in [9.17, 15) is 9.90 Å². The second kappa shape index (κ2) is 5.57. The highest BCUT2D eigenvalue weighted by atomic mass is 16.3. The Hall–Kier alpha value is -1.29. The molecule has 1 fully saturated rings. The molecule has 4 heteroatoms. The van der Waals surface area contributed by atoms with Crippen LogP contribution in [0.1, 0.15) is 47.6 Å². The molecule has 4 nitrogen and oxygen atoms in total. The van der Waals surface area contributed by atoms with Crippen LogP contribution >= 0.6 is 0 Å². The average molecular weight is 251 g/mol. The molecule has 1 heterocycles. The van der Waals surface area contributed by atoms with Gasteiger partial charge >= 0.3 is 0 Å². The number of rotatable bonds is 3. The zero-order valence-electron chi connectivity index (χ0n) is 11.0. The van der Waals surface area contributed by atoms with Gasteiger partial charge in [-0.3, -0.25) is 4.79 Å². The summed E-state index contributed by atoms with van der Waals surface area (Å²) in [5, 5.41) is 12.7. The highest BCUT2D eigenvalue weighted by molar-refractivity contribution is 5.95. The van der Waals surface area contributed by atoms with Gasteiger partial charge in [-0.05, 0) is 32.8 Å². The molecule has 2 N–H and O–H groups in total. The minimum Gasteiger partial charge on any atom is -0.466 e. The lowest BCUT2D eigenvalue weighted by Gasteiger charge is -2.27. The van der Waals surface area contributed by atoms with Crippen LogP contribution in [0.2, 0.25) is 0 Å². The van der Waals surface area contributed by atoms with Crippen molar-refractivity contribution in [3.63, 3.8) is 0 Å². The number of carbonyl (C=O) groups is 1. The maximum absolute atomic E-state index is 12.0. The van der Waals surface area contributed by atoms with Gasteiger partial charge in [-0.15, -0.1) is 0 Å². The lowest BCUT2D eigenvalue weighted by molar-refractivity contribution is 0.0662. The first-order chi connectivity index (χ1) is 8.58. The maximum atomic E-state index is 12.0. The smallest absolute Gasteiger partial charge is 0.254 e. The summed E-state index contributed by atoms with van der Waals surface area (Å²) in [4.78, 5) is 12.0. The molecule has 0 aliphatic heterocycles. The first-order valence-electron chi connectivity index (χ1n) is 6.61. The number of hydrogen-bond donors (Lipinski definition) is 2. The second-order valence-corrected chi connectivity index (χ2v) is 5.15. The molecular weight excluding hydrogens is 230 g/mol. The van der Waals surface area contributed by atoms with E-state index in [1.54, 1.807) is 13.0 Å². The highest BCUT2D eigenvalue weighted by Crippen LogP contribution is 2.23. The van der Waals surface area contributed by atoms with E-state index in [0.29, 0.717) is 17.9 Å². The molecule has 1 amide bonds. The minimum atomic E-state index is -0.272. The van der Waals surface area contributed by atoms with Gasteiger partial charge < -0.3 is 14.8 Å². The van der Waals surface area contributed by atoms with Gasteiger partial charge in [0, 0.05) is 12.5 Å². The zero-order valence-corrected chi connectivity index (χ0v) is 11.0. The SMILES string of the molecule is Cc1cc(C(=O)NCC2CCCCC2O)c(C)o1. The van der Waals surface area contributed by atoms with Gasteiger partial charge in [0.15, 0.2) is 0 Å². The van der Waals surface area contributed by atoms with Gasteiger partial charge in [0.05, 0.1) is 11.7 Å². The molecule has 1 aliphatic rings. The number of amides is 1. The Kier molecular flexibility index (Phi) is 4.07. The lowest BCUT2D eigenvalue weighted by atomic mass is 9.86. The highest BCUT2D eigenvalue weighted by Gasteiger charge is 2.24. The summed E-state index contributed by atoms with van der Waals surface area (Å²) in [7, 11) is 0. The van der Waals surface area contributed by atoms with Gasteiger partial charge in [-0.2, -0.15) is 0 Å². The molecule has 0 saturated heterocycles. The standard InChI is InChI=1S/C14H21NO3/c1-9-7-12(10(2)18-9)14(17)15-8-11-5-3-4-6-13(11)16/h7,11,13,16H,3-6,8H2,1-2H3,(H,15,17). The Labute approximate surface area is 107 Å². The van der Waals surface area contributed by atoms with Crippen LogP contribution in [-0.2, 0) is 0 Å². The molecule has 1 saturated carbocycles. The fraction of sp³-hybridized carbons (Fsp3) is 0.643. The molecule has 1 aromatic heterocycles. The van der Waals surface area contributed by atoms with Crippen LogP contribution in [0.3, 0.4) is 0 Å². The molecule has 1 aromatic rings. The Morgan fingerprint density at radius 3 is 2.78 bits per heavy atom. The third kappa shape index (κ3) is 2.93. The van der Waals surface area contributed by atoms with Crippen LogP contribution in [0, 0.1) is 19.8 Å². The first kappa shape index (κ1) is 13.1. The molecule has 18 heavy (non-hydrogen) atoms. The van der Waals surface area contributed by atoms with Crippen molar-refractivity contribution in [1.29, 1.82) is 0 Å². The summed E-state index contributed by atoms with van der Waals surface area (Å²) in [6.45, 7) is 4.16. The number of aliphatic hydroxyl groups is 1. The predicted octanol–water partition coefficient (Wildman–Crippen LogP) is 2.18. The van der Waals surface area contributed by atoms with Gasteiger partial charge in [0.2, 0.25) is 0 Å². The van der Waals surface area contributed by atoms with Crippen molar-refractivity contribution in [1.82, 2.24) is 5.32 Å². The van der Waals surface area contributed by atoms with Crippen LogP contribution in [0.5, 0.6) is 0 Å². The summed E-state index contributed by atoms with van der Waals surface area (Å²) in [6.07, 6.45) is 3.80. The van der Waals surface area contributed by atoms with Crippen LogP contribution in [-0.4, -0.2) is 23.7 Å². The van der Waals surface area contributed by atoms with Gasteiger partial charge in [-0.1, -0.05) is 12.8 Å². The number of aryl methyl sites for hydroxylation is 2. The van der Waals surface area contributed by atoms with E-state index >= 15 is 0 Å². The van der Waals surface area contributed by atoms with E-state index in [4.69, 9.17) is 4.42 Å². The normalized spacial score (nSPS) is 23.9. The lowest BCUT2D eigenvalue weighted by Crippen LogP contribution is -2.36. The van der Waals surface area contributed by atoms with Crippen molar-refractivity contribution in [3.8, 4) is 0 Å². The van der Waals surface area contributed by atoms with Crippen LogP contribution in [0.25, 0.3) is 0 Å². The maximum Gasteiger partial charge on any atom is 0.254 e. The van der Waals surface area contributed by atoms with Crippen molar-refractivity contribution in [2.24, 2.45) is 5.92 Å². The minimum absolute atomic E-state index is 0.109. The molecule has 0 aromatic carbocycles. The molecule has 100 valence electrons. The van der Waals surface area contributed by atoms with Crippen LogP contribution in [0.15, 0.2) is 10.5 Å². The van der Waals surface area contributed by atoms with Gasteiger partial charge in [0.25, 0.3) is 5.91 Å². The van der Waals surface area contributed by atoms with Crippen molar-refractivity contribution < 1.29 is 14.3 Å². The Balaban J connectivity index is 1.90. The van der Waals surface area contributed by atoms with Crippen molar-refractivity contribution in [3.05, 3.63) is 23.2 Å². The Morgan fingerprint density at radius 1 is 1.44 bits per heavy atom. The number of nitrogens with one attached hydrogen (secondary N) is 1. The van der Waals surface area contributed by atoms with Gasteiger partial charge in [0.1, 0.15) is 11.5 Å². The van der Waals surface area contributed by atoms with E-state index in [1.165, 1.54) is 0 Å². The summed E-state index contributed by atoms with van der Waals surface area (Å²) in [5.74, 6) is 1.47. The summed E-state index contributed by atoms with van der Waals surface area (Å²) < 4.78 is 5.34. The summed E-state index contributed by atoms with van der Waals surface area (Å²) in [5.41, 5.74) is 0.595. The fourth-order valence-corrected chi connectivity index (χ4v) is 2.60. The topological polar surface area (TPSA) is 62.5 Å². The van der Waals surface area contributed by atoms with Crippen LogP contribution in [0.4, 0.5) is 0 Å². The van der Waals surface area contributed by atoms with E-state index in [2.05, 4.69) is 5.32 Å². The number of hydrogen-bond acceptors (Lipinski definition) is 3. The molecule has 1 aliphatic carbocycles. The second-order valence-electron chi connectivity index (χ2n) is 5.15. The molecular formula is C14H21NO3. The Bertz CT molecular complexity index is 425. The molecule has 0 radical (unpaired) electrons.